The number of hydrogen-bond donors (Lipinski definition) is 1. The third kappa shape index (κ3) is 3.33. The zero-order valence-electron chi connectivity index (χ0n) is 11.4. The van der Waals surface area contributed by atoms with E-state index in [9.17, 15) is 10.1 Å². The van der Waals surface area contributed by atoms with Gasteiger partial charge in [0.05, 0.1) is 4.92 Å². The van der Waals surface area contributed by atoms with E-state index < -0.39 is 4.92 Å². The highest BCUT2D eigenvalue weighted by molar-refractivity contribution is 6.31. The van der Waals surface area contributed by atoms with Gasteiger partial charge in [-0.2, -0.15) is 0 Å². The van der Waals surface area contributed by atoms with E-state index in [1.807, 2.05) is 7.05 Å². The van der Waals surface area contributed by atoms with Gasteiger partial charge in [0.15, 0.2) is 0 Å². The number of likely N-dealkylation sites (N-methyl/N-ethyl adjacent to an activating group) is 2. The van der Waals surface area contributed by atoms with Gasteiger partial charge in [0, 0.05) is 32.2 Å². The largest absolute Gasteiger partial charge is 0.363 e. The number of anilines is 1. The van der Waals surface area contributed by atoms with Crippen molar-refractivity contribution in [3.8, 4) is 0 Å². The number of halogens is 1. The number of nitrogens with zero attached hydrogens (tertiary/aromatic N) is 5. The molecule has 0 aliphatic carbocycles. The van der Waals surface area contributed by atoms with E-state index in [1.54, 1.807) is 0 Å². The highest BCUT2D eigenvalue weighted by Crippen LogP contribution is 2.28. The molecule has 0 aromatic carbocycles. The highest BCUT2D eigenvalue weighted by atomic mass is 35.5. The molecule has 0 amide bonds. The zero-order valence-corrected chi connectivity index (χ0v) is 12.2. The summed E-state index contributed by atoms with van der Waals surface area (Å²) in [6.45, 7) is 3.45. The lowest BCUT2D eigenvalue weighted by Crippen LogP contribution is -2.52. The van der Waals surface area contributed by atoms with E-state index in [1.165, 1.54) is 6.33 Å². The molecule has 9 heteroatoms. The molecule has 1 unspecified atom stereocenters. The second-order valence-electron chi connectivity index (χ2n) is 4.90. The lowest BCUT2D eigenvalue weighted by molar-refractivity contribution is -0.384. The van der Waals surface area contributed by atoms with Gasteiger partial charge >= 0.3 is 5.69 Å². The summed E-state index contributed by atoms with van der Waals surface area (Å²) in [5, 5.41) is 13.9. The number of piperazine rings is 1. The van der Waals surface area contributed by atoms with Crippen LogP contribution in [0.5, 0.6) is 0 Å². The van der Waals surface area contributed by atoms with E-state index in [-0.39, 0.29) is 22.7 Å². The molecule has 1 aliphatic rings. The van der Waals surface area contributed by atoms with E-state index >= 15 is 0 Å². The summed E-state index contributed by atoms with van der Waals surface area (Å²) in [5.74, 6) is 0.164. The summed E-state index contributed by atoms with van der Waals surface area (Å²) in [7, 11) is 4.10. The van der Waals surface area contributed by atoms with Crippen LogP contribution in [-0.2, 0) is 0 Å². The first-order valence-corrected chi connectivity index (χ1v) is 6.64. The minimum Gasteiger partial charge on any atom is -0.363 e. The number of hydrogen-bond acceptors (Lipinski definition) is 7. The van der Waals surface area contributed by atoms with Crippen LogP contribution in [0.25, 0.3) is 0 Å². The van der Waals surface area contributed by atoms with Gasteiger partial charge in [0.1, 0.15) is 6.33 Å². The van der Waals surface area contributed by atoms with Crippen LogP contribution in [-0.4, -0.2) is 71.0 Å². The van der Waals surface area contributed by atoms with Crippen molar-refractivity contribution >= 4 is 23.1 Å². The summed E-state index contributed by atoms with van der Waals surface area (Å²) < 4.78 is 0. The van der Waals surface area contributed by atoms with Gasteiger partial charge in [-0.15, -0.1) is 0 Å². The maximum atomic E-state index is 11.0. The van der Waals surface area contributed by atoms with Gasteiger partial charge < -0.3 is 10.2 Å². The van der Waals surface area contributed by atoms with Crippen LogP contribution >= 0.6 is 11.6 Å². The maximum Gasteiger partial charge on any atom is 0.348 e. The van der Waals surface area contributed by atoms with Crippen molar-refractivity contribution in [3.63, 3.8) is 0 Å². The molecular weight excluding hydrogens is 284 g/mol. The Labute approximate surface area is 121 Å². The van der Waals surface area contributed by atoms with Crippen LogP contribution < -0.4 is 5.32 Å². The molecule has 1 N–H and O–H groups in total. The SMILES string of the molecule is CN1CCN(C)C(CNc2ncnc(Cl)c2[N+](=O)[O-])C1. The molecule has 8 nitrogen and oxygen atoms in total. The summed E-state index contributed by atoms with van der Waals surface area (Å²) in [5.41, 5.74) is -0.277. The minimum atomic E-state index is -0.568. The van der Waals surface area contributed by atoms with Crippen LogP contribution in [0.2, 0.25) is 5.15 Å². The molecule has 20 heavy (non-hydrogen) atoms. The molecule has 1 aromatic rings. The summed E-state index contributed by atoms with van der Waals surface area (Å²) in [4.78, 5) is 22.4. The molecule has 1 saturated heterocycles. The molecule has 2 rings (SSSR count). The summed E-state index contributed by atoms with van der Waals surface area (Å²) in [6.07, 6.45) is 1.22. The van der Waals surface area contributed by atoms with Crippen LogP contribution in [0.4, 0.5) is 11.5 Å². The average molecular weight is 301 g/mol. The molecule has 1 atom stereocenters. The predicted octanol–water partition coefficient (Wildman–Crippen LogP) is 0.696. The molecule has 0 bridgehead atoms. The highest BCUT2D eigenvalue weighted by Gasteiger charge is 2.25. The molecular formula is C11H17ClN6O2. The maximum absolute atomic E-state index is 11.0. The average Bonchev–Trinajstić information content (AvgIpc) is 2.39. The van der Waals surface area contributed by atoms with Gasteiger partial charge in [-0.05, 0) is 14.1 Å². The van der Waals surface area contributed by atoms with Crippen molar-refractivity contribution in [1.29, 1.82) is 0 Å². The Kier molecular flexibility index (Phi) is 4.69. The van der Waals surface area contributed by atoms with Crippen molar-refractivity contribution in [2.45, 2.75) is 6.04 Å². The van der Waals surface area contributed by atoms with Crippen molar-refractivity contribution < 1.29 is 4.92 Å². The second-order valence-corrected chi connectivity index (χ2v) is 5.25. The van der Waals surface area contributed by atoms with Gasteiger partial charge in [-0.25, -0.2) is 9.97 Å². The van der Waals surface area contributed by atoms with Gasteiger partial charge in [-0.3, -0.25) is 15.0 Å². The molecule has 1 aromatic heterocycles. The van der Waals surface area contributed by atoms with E-state index in [2.05, 4.69) is 32.1 Å². The van der Waals surface area contributed by atoms with Crippen LogP contribution in [0.3, 0.4) is 0 Å². The lowest BCUT2D eigenvalue weighted by Gasteiger charge is -2.37. The monoisotopic (exact) mass is 300 g/mol. The molecule has 0 radical (unpaired) electrons. The Morgan fingerprint density at radius 1 is 1.50 bits per heavy atom. The van der Waals surface area contributed by atoms with Crippen molar-refractivity contribution in [1.82, 2.24) is 19.8 Å². The minimum absolute atomic E-state index is 0.151. The van der Waals surface area contributed by atoms with Crippen molar-refractivity contribution in [2.24, 2.45) is 0 Å². The fourth-order valence-corrected chi connectivity index (χ4v) is 2.39. The van der Waals surface area contributed by atoms with Gasteiger partial charge in [-0.1, -0.05) is 11.6 Å². The molecule has 110 valence electrons. The van der Waals surface area contributed by atoms with Gasteiger partial charge in [0.25, 0.3) is 0 Å². The van der Waals surface area contributed by atoms with Gasteiger partial charge in [0.2, 0.25) is 11.0 Å². The quantitative estimate of drug-likeness (QED) is 0.497. The third-order valence-electron chi connectivity index (χ3n) is 3.45. The van der Waals surface area contributed by atoms with E-state index in [4.69, 9.17) is 11.6 Å². The number of aromatic nitrogens is 2. The fraction of sp³-hybridized carbons (Fsp3) is 0.636. The van der Waals surface area contributed by atoms with Crippen LogP contribution in [0, 0.1) is 10.1 Å². The van der Waals surface area contributed by atoms with E-state index in [0.29, 0.717) is 6.54 Å². The van der Waals surface area contributed by atoms with E-state index in [0.717, 1.165) is 19.6 Å². The third-order valence-corrected chi connectivity index (χ3v) is 3.72. The second kappa shape index (κ2) is 6.29. The smallest absolute Gasteiger partial charge is 0.348 e. The van der Waals surface area contributed by atoms with Crippen LogP contribution in [0.15, 0.2) is 6.33 Å². The standard InChI is InChI=1S/C11H17ClN6O2/c1-16-3-4-17(2)8(6-16)5-13-11-9(18(19)20)10(12)14-7-15-11/h7-8H,3-6H2,1-2H3,(H,13,14,15). The zero-order chi connectivity index (χ0) is 14.7. The van der Waals surface area contributed by atoms with Crippen molar-refractivity contribution in [3.05, 3.63) is 21.6 Å². The summed E-state index contributed by atoms with van der Waals surface area (Å²) >= 11 is 5.75. The lowest BCUT2D eigenvalue weighted by atomic mass is 10.2. The van der Waals surface area contributed by atoms with Crippen molar-refractivity contribution in [2.75, 3.05) is 45.6 Å². The Morgan fingerprint density at radius 2 is 2.25 bits per heavy atom. The Balaban J connectivity index is 2.07. The van der Waals surface area contributed by atoms with Crippen LogP contribution in [0.1, 0.15) is 0 Å². The number of nitro groups is 1. The fourth-order valence-electron chi connectivity index (χ4n) is 2.18. The molecule has 2 heterocycles. The predicted molar refractivity (Wildman–Crippen MR) is 76.1 cm³/mol. The normalized spacial score (nSPS) is 20.9. The number of rotatable bonds is 4. The molecule has 0 spiro atoms. The molecule has 1 fully saturated rings. The molecule has 1 aliphatic heterocycles. The topological polar surface area (TPSA) is 87.4 Å². The first kappa shape index (κ1) is 14.9. The summed E-state index contributed by atoms with van der Waals surface area (Å²) in [6, 6.07) is 0.266. The Hall–Kier alpha value is -1.51. The first-order valence-electron chi connectivity index (χ1n) is 6.26. The Morgan fingerprint density at radius 3 is 2.95 bits per heavy atom. The first-order chi connectivity index (χ1) is 9.49. The Bertz CT molecular complexity index is 500. The molecule has 0 saturated carbocycles. The number of nitrogens with one attached hydrogen (secondary N) is 1.